The summed E-state index contributed by atoms with van der Waals surface area (Å²) in [6.07, 6.45) is 8.07. The second-order valence-corrected chi connectivity index (χ2v) is 5.64. The summed E-state index contributed by atoms with van der Waals surface area (Å²) in [5, 5.41) is 3.40. The van der Waals surface area contributed by atoms with E-state index in [9.17, 15) is 4.79 Å². The first-order chi connectivity index (χ1) is 8.84. The van der Waals surface area contributed by atoms with Crippen LogP contribution in [0.4, 0.5) is 5.69 Å². The Kier molecular flexibility index (Phi) is 3.35. The highest BCUT2D eigenvalue weighted by Crippen LogP contribution is 2.31. The van der Waals surface area contributed by atoms with Gasteiger partial charge in [0.15, 0.2) is 5.78 Å². The van der Waals surface area contributed by atoms with Gasteiger partial charge in [0.2, 0.25) is 0 Å². The molecule has 0 spiro atoms. The molecular formula is C16H21NO. The molecule has 1 aliphatic heterocycles. The Hall–Kier alpha value is -1.31. The summed E-state index contributed by atoms with van der Waals surface area (Å²) in [5.41, 5.74) is 3.41. The van der Waals surface area contributed by atoms with Crippen LogP contribution in [0, 0.1) is 5.92 Å². The van der Waals surface area contributed by atoms with E-state index in [1.807, 2.05) is 12.1 Å². The molecule has 3 rings (SSSR count). The Bertz CT molecular complexity index is 446. The Labute approximate surface area is 109 Å². The van der Waals surface area contributed by atoms with Crippen molar-refractivity contribution in [1.82, 2.24) is 0 Å². The van der Waals surface area contributed by atoms with Gasteiger partial charge in [-0.1, -0.05) is 37.8 Å². The molecule has 96 valence electrons. The average Bonchev–Trinajstić information content (AvgIpc) is 2.91. The first-order valence-electron chi connectivity index (χ1n) is 7.23. The van der Waals surface area contributed by atoms with Crippen molar-refractivity contribution in [3.63, 3.8) is 0 Å². The van der Waals surface area contributed by atoms with Crippen molar-refractivity contribution >= 4 is 11.5 Å². The zero-order chi connectivity index (χ0) is 12.4. The van der Waals surface area contributed by atoms with Gasteiger partial charge in [0.05, 0.1) is 0 Å². The second-order valence-electron chi connectivity index (χ2n) is 5.64. The fourth-order valence-corrected chi connectivity index (χ4v) is 3.36. The largest absolute Gasteiger partial charge is 0.385 e. The van der Waals surface area contributed by atoms with E-state index in [-0.39, 0.29) is 0 Å². The van der Waals surface area contributed by atoms with Gasteiger partial charge in [0.25, 0.3) is 0 Å². The summed E-state index contributed by atoms with van der Waals surface area (Å²) in [6.45, 7) is 1.03. The van der Waals surface area contributed by atoms with Crippen LogP contribution in [0.5, 0.6) is 0 Å². The van der Waals surface area contributed by atoms with E-state index in [1.54, 1.807) is 0 Å². The number of rotatable bonds is 3. The maximum Gasteiger partial charge on any atom is 0.163 e. The monoisotopic (exact) mass is 243 g/mol. The SMILES string of the molecule is O=C(CC1CCCC1)c1cccc2c1CCCN2. The topological polar surface area (TPSA) is 29.1 Å². The van der Waals surface area contributed by atoms with E-state index >= 15 is 0 Å². The van der Waals surface area contributed by atoms with E-state index in [1.165, 1.54) is 36.9 Å². The summed E-state index contributed by atoms with van der Waals surface area (Å²) in [5.74, 6) is 1.01. The number of hydrogen-bond acceptors (Lipinski definition) is 2. The van der Waals surface area contributed by atoms with E-state index < -0.39 is 0 Å². The van der Waals surface area contributed by atoms with Crippen LogP contribution in [-0.4, -0.2) is 12.3 Å². The Morgan fingerprint density at radius 2 is 2.06 bits per heavy atom. The summed E-state index contributed by atoms with van der Waals surface area (Å²) in [7, 11) is 0. The summed E-state index contributed by atoms with van der Waals surface area (Å²) < 4.78 is 0. The number of anilines is 1. The van der Waals surface area contributed by atoms with Gasteiger partial charge in [0.1, 0.15) is 0 Å². The Morgan fingerprint density at radius 1 is 1.22 bits per heavy atom. The highest BCUT2D eigenvalue weighted by molar-refractivity contribution is 5.99. The minimum atomic E-state index is 0.363. The minimum absolute atomic E-state index is 0.363. The average molecular weight is 243 g/mol. The van der Waals surface area contributed by atoms with Crippen LogP contribution in [0.2, 0.25) is 0 Å². The van der Waals surface area contributed by atoms with E-state index in [0.717, 1.165) is 31.4 Å². The fourth-order valence-electron chi connectivity index (χ4n) is 3.36. The summed E-state index contributed by atoms with van der Waals surface area (Å²) >= 11 is 0. The zero-order valence-electron chi connectivity index (χ0n) is 10.9. The van der Waals surface area contributed by atoms with E-state index in [4.69, 9.17) is 0 Å². The molecule has 2 nitrogen and oxygen atoms in total. The maximum absolute atomic E-state index is 12.4. The molecule has 1 fully saturated rings. The lowest BCUT2D eigenvalue weighted by Crippen LogP contribution is -2.16. The molecule has 0 saturated heterocycles. The number of fused-ring (bicyclic) bond motifs is 1. The molecule has 2 heteroatoms. The third kappa shape index (κ3) is 2.29. The van der Waals surface area contributed by atoms with Crippen LogP contribution in [0.3, 0.4) is 0 Å². The summed E-state index contributed by atoms with van der Waals surface area (Å²) in [6, 6.07) is 6.13. The van der Waals surface area contributed by atoms with Crippen LogP contribution in [0.1, 0.15) is 54.4 Å². The third-order valence-corrected chi connectivity index (χ3v) is 4.34. The van der Waals surface area contributed by atoms with Gasteiger partial charge in [-0.15, -0.1) is 0 Å². The fraction of sp³-hybridized carbons (Fsp3) is 0.562. The van der Waals surface area contributed by atoms with Crippen LogP contribution in [0.25, 0.3) is 0 Å². The molecule has 0 bridgehead atoms. The lowest BCUT2D eigenvalue weighted by Gasteiger charge is -2.21. The molecule has 1 heterocycles. The second kappa shape index (κ2) is 5.13. The number of benzene rings is 1. The van der Waals surface area contributed by atoms with Gasteiger partial charge in [0, 0.05) is 24.2 Å². The van der Waals surface area contributed by atoms with Gasteiger partial charge in [-0.05, 0) is 30.4 Å². The van der Waals surface area contributed by atoms with Crippen LogP contribution in [0.15, 0.2) is 18.2 Å². The van der Waals surface area contributed by atoms with Gasteiger partial charge in [-0.2, -0.15) is 0 Å². The van der Waals surface area contributed by atoms with Crippen molar-refractivity contribution < 1.29 is 4.79 Å². The Balaban J connectivity index is 1.80. The van der Waals surface area contributed by atoms with Crippen molar-refractivity contribution in [3.05, 3.63) is 29.3 Å². The van der Waals surface area contributed by atoms with E-state index in [0.29, 0.717) is 11.7 Å². The molecule has 1 N–H and O–H groups in total. The lowest BCUT2D eigenvalue weighted by molar-refractivity contribution is 0.0961. The molecule has 0 radical (unpaired) electrons. The molecular weight excluding hydrogens is 222 g/mol. The number of Topliss-reactive ketones (excluding diaryl/α,β-unsaturated/α-hetero) is 1. The highest BCUT2D eigenvalue weighted by atomic mass is 16.1. The first kappa shape index (κ1) is 11.8. The molecule has 1 saturated carbocycles. The lowest BCUT2D eigenvalue weighted by atomic mass is 9.90. The number of carbonyl (C=O) groups excluding carboxylic acids is 1. The van der Waals surface area contributed by atoms with Crippen molar-refractivity contribution in [3.8, 4) is 0 Å². The van der Waals surface area contributed by atoms with Gasteiger partial charge < -0.3 is 5.32 Å². The maximum atomic E-state index is 12.4. The number of nitrogens with one attached hydrogen (secondary N) is 1. The molecule has 0 unspecified atom stereocenters. The predicted octanol–water partition coefficient (Wildman–Crippen LogP) is 3.81. The van der Waals surface area contributed by atoms with Crippen LogP contribution in [-0.2, 0) is 6.42 Å². The van der Waals surface area contributed by atoms with Crippen LogP contribution < -0.4 is 5.32 Å². The molecule has 1 aromatic rings. The molecule has 2 aliphatic rings. The zero-order valence-corrected chi connectivity index (χ0v) is 10.9. The molecule has 0 amide bonds. The van der Waals surface area contributed by atoms with Gasteiger partial charge in [-0.3, -0.25) is 4.79 Å². The highest BCUT2D eigenvalue weighted by Gasteiger charge is 2.22. The Morgan fingerprint density at radius 3 is 2.89 bits per heavy atom. The number of hydrogen-bond donors (Lipinski definition) is 1. The number of ketones is 1. The van der Waals surface area contributed by atoms with Gasteiger partial charge >= 0.3 is 0 Å². The predicted molar refractivity (Wildman–Crippen MR) is 74.2 cm³/mol. The van der Waals surface area contributed by atoms with Crippen molar-refractivity contribution in [2.24, 2.45) is 5.92 Å². The van der Waals surface area contributed by atoms with E-state index in [2.05, 4.69) is 11.4 Å². The molecule has 1 aromatic carbocycles. The molecule has 1 aliphatic carbocycles. The normalized spacial score (nSPS) is 19.3. The first-order valence-corrected chi connectivity index (χ1v) is 7.23. The standard InChI is InChI=1S/C16H21NO/c18-16(11-12-5-1-2-6-12)14-7-3-9-15-13(14)8-4-10-17-15/h3,7,9,12,17H,1-2,4-6,8,10-11H2. The molecule has 0 aromatic heterocycles. The van der Waals surface area contributed by atoms with Crippen molar-refractivity contribution in [2.45, 2.75) is 44.9 Å². The summed E-state index contributed by atoms with van der Waals surface area (Å²) in [4.78, 5) is 12.4. The smallest absolute Gasteiger partial charge is 0.163 e. The van der Waals surface area contributed by atoms with Gasteiger partial charge in [-0.25, -0.2) is 0 Å². The van der Waals surface area contributed by atoms with Crippen LogP contribution >= 0.6 is 0 Å². The van der Waals surface area contributed by atoms with Crippen molar-refractivity contribution in [1.29, 1.82) is 0 Å². The van der Waals surface area contributed by atoms with Crippen molar-refractivity contribution in [2.75, 3.05) is 11.9 Å². The quantitative estimate of drug-likeness (QED) is 0.818. The third-order valence-electron chi connectivity index (χ3n) is 4.34. The molecule has 18 heavy (non-hydrogen) atoms. The number of carbonyl (C=O) groups is 1. The minimum Gasteiger partial charge on any atom is -0.385 e. The molecule has 0 atom stereocenters.